The molecule has 2 fully saturated rings. The highest BCUT2D eigenvalue weighted by molar-refractivity contribution is 5.86. The van der Waals surface area contributed by atoms with E-state index in [9.17, 15) is 19.2 Å². The molecule has 0 aromatic rings. The van der Waals surface area contributed by atoms with Crippen molar-refractivity contribution in [3.63, 3.8) is 0 Å². The van der Waals surface area contributed by atoms with Gasteiger partial charge in [-0.2, -0.15) is 0 Å². The molecule has 0 N–H and O–H groups in total. The Morgan fingerprint density at radius 1 is 0.885 bits per heavy atom. The molecule has 8 nitrogen and oxygen atoms in total. The number of piperidine rings is 2. The summed E-state index contributed by atoms with van der Waals surface area (Å²) in [7, 11) is 0. The number of nitrogens with zero attached hydrogens (tertiary/aromatic N) is 2. The molecule has 0 spiro atoms. The molecule has 0 aliphatic carbocycles. The van der Waals surface area contributed by atoms with Crippen LogP contribution in [-0.2, 0) is 19.1 Å². The zero-order valence-electron chi connectivity index (χ0n) is 16.2. The summed E-state index contributed by atoms with van der Waals surface area (Å²) in [6.07, 6.45) is 0.766. The van der Waals surface area contributed by atoms with E-state index in [4.69, 9.17) is 9.47 Å². The number of carbonyl (C=O) groups excluding carboxylic acids is 4. The van der Waals surface area contributed by atoms with Crippen LogP contribution < -0.4 is 0 Å². The summed E-state index contributed by atoms with van der Waals surface area (Å²) in [6.45, 7) is 10.0. The standard InChI is InChI=1S/C10H17NO3.C8H13NO3/c1-4-14-9(13)11-6-5-8(12)10(2,3)7-11;1-2-12-8(11)9-5-3-7(10)4-6-9/h4-7H2,1-3H3;2-6H2,1H3. The first-order valence-corrected chi connectivity index (χ1v) is 9.09. The van der Waals surface area contributed by atoms with Gasteiger partial charge >= 0.3 is 12.2 Å². The topological polar surface area (TPSA) is 93.2 Å². The minimum atomic E-state index is -0.426. The van der Waals surface area contributed by atoms with E-state index in [1.165, 1.54) is 0 Å². The first kappa shape index (κ1) is 21.9. The van der Waals surface area contributed by atoms with Gasteiger partial charge in [0.15, 0.2) is 0 Å². The lowest BCUT2D eigenvalue weighted by Crippen LogP contribution is -2.48. The van der Waals surface area contributed by atoms with Gasteiger partial charge in [0.2, 0.25) is 0 Å². The maximum atomic E-state index is 11.5. The average molecular weight is 370 g/mol. The molecule has 2 amide bonds. The van der Waals surface area contributed by atoms with Gasteiger partial charge in [-0.1, -0.05) is 13.8 Å². The van der Waals surface area contributed by atoms with E-state index in [1.54, 1.807) is 23.6 Å². The van der Waals surface area contributed by atoms with E-state index < -0.39 is 5.41 Å². The minimum absolute atomic E-state index is 0.220. The van der Waals surface area contributed by atoms with Gasteiger partial charge in [-0.15, -0.1) is 0 Å². The molecule has 2 rings (SSSR count). The van der Waals surface area contributed by atoms with Gasteiger partial charge in [-0.3, -0.25) is 9.59 Å². The summed E-state index contributed by atoms with van der Waals surface area (Å²) in [5.41, 5.74) is -0.426. The van der Waals surface area contributed by atoms with Crippen molar-refractivity contribution >= 4 is 23.8 Å². The van der Waals surface area contributed by atoms with Crippen LogP contribution in [0.15, 0.2) is 0 Å². The first-order chi connectivity index (χ1) is 12.2. The molecule has 0 unspecified atom stereocenters. The maximum Gasteiger partial charge on any atom is 0.409 e. The van der Waals surface area contributed by atoms with Crippen molar-refractivity contribution in [2.45, 2.75) is 47.0 Å². The predicted molar refractivity (Wildman–Crippen MR) is 94.8 cm³/mol. The minimum Gasteiger partial charge on any atom is -0.450 e. The second-order valence-corrected chi connectivity index (χ2v) is 6.90. The highest BCUT2D eigenvalue weighted by Crippen LogP contribution is 2.25. The van der Waals surface area contributed by atoms with E-state index >= 15 is 0 Å². The Hall–Kier alpha value is -2.12. The van der Waals surface area contributed by atoms with Crippen molar-refractivity contribution in [1.82, 2.24) is 9.80 Å². The molecule has 26 heavy (non-hydrogen) atoms. The molecule has 2 heterocycles. The molecule has 0 bridgehead atoms. The highest BCUT2D eigenvalue weighted by Gasteiger charge is 2.36. The van der Waals surface area contributed by atoms with Crippen LogP contribution in [0.5, 0.6) is 0 Å². The van der Waals surface area contributed by atoms with Crippen molar-refractivity contribution < 1.29 is 28.7 Å². The number of carbonyl (C=O) groups is 4. The van der Waals surface area contributed by atoms with Gasteiger partial charge in [-0.05, 0) is 13.8 Å². The number of hydrogen-bond acceptors (Lipinski definition) is 6. The van der Waals surface area contributed by atoms with E-state index in [-0.39, 0.29) is 23.8 Å². The fraction of sp³-hybridized carbons (Fsp3) is 0.778. The molecule has 2 aliphatic rings. The van der Waals surface area contributed by atoms with E-state index in [0.717, 1.165) is 0 Å². The lowest BCUT2D eigenvalue weighted by Gasteiger charge is -2.35. The zero-order chi connectivity index (χ0) is 19.7. The molecular formula is C18H30N2O6. The smallest absolute Gasteiger partial charge is 0.409 e. The summed E-state index contributed by atoms with van der Waals surface area (Å²) in [6, 6.07) is 0. The molecule has 0 saturated carbocycles. The van der Waals surface area contributed by atoms with Crippen LogP contribution in [-0.4, -0.2) is 72.9 Å². The molecule has 0 aromatic carbocycles. The molecule has 8 heteroatoms. The van der Waals surface area contributed by atoms with Gasteiger partial charge in [0.1, 0.15) is 11.6 Å². The zero-order valence-corrected chi connectivity index (χ0v) is 16.2. The fourth-order valence-electron chi connectivity index (χ4n) is 2.74. The van der Waals surface area contributed by atoms with Crippen molar-refractivity contribution in [3.8, 4) is 0 Å². The Kier molecular flexibility index (Phi) is 8.54. The second-order valence-electron chi connectivity index (χ2n) is 6.90. The molecule has 0 radical (unpaired) electrons. The predicted octanol–water partition coefficient (Wildman–Crippen LogP) is 2.25. The fourth-order valence-corrected chi connectivity index (χ4v) is 2.74. The van der Waals surface area contributed by atoms with Crippen molar-refractivity contribution in [2.75, 3.05) is 39.4 Å². The number of rotatable bonds is 2. The number of amides is 2. The summed E-state index contributed by atoms with van der Waals surface area (Å²) in [5.74, 6) is 0.452. The SMILES string of the molecule is CCOC(=O)N1CCC(=O)C(C)(C)C1.CCOC(=O)N1CCC(=O)CC1. The Morgan fingerprint density at radius 2 is 1.35 bits per heavy atom. The molecule has 148 valence electrons. The molecule has 2 aliphatic heterocycles. The average Bonchev–Trinajstić information content (AvgIpc) is 2.59. The Balaban J connectivity index is 0.000000263. The van der Waals surface area contributed by atoms with Gasteiger partial charge < -0.3 is 19.3 Å². The Bertz CT molecular complexity index is 522. The van der Waals surface area contributed by atoms with Gasteiger partial charge in [0.05, 0.1) is 13.2 Å². The van der Waals surface area contributed by atoms with Crippen LogP contribution in [0.25, 0.3) is 0 Å². The maximum absolute atomic E-state index is 11.5. The third-order valence-electron chi connectivity index (χ3n) is 4.32. The Labute approximate surface area is 154 Å². The van der Waals surface area contributed by atoms with Crippen molar-refractivity contribution in [2.24, 2.45) is 5.41 Å². The largest absolute Gasteiger partial charge is 0.450 e. The van der Waals surface area contributed by atoms with Crippen molar-refractivity contribution in [3.05, 3.63) is 0 Å². The molecule has 2 saturated heterocycles. The van der Waals surface area contributed by atoms with Gasteiger partial charge in [0, 0.05) is 50.9 Å². The number of ketones is 2. The van der Waals surface area contributed by atoms with E-state index in [2.05, 4.69) is 0 Å². The van der Waals surface area contributed by atoms with E-state index in [0.29, 0.717) is 58.7 Å². The van der Waals surface area contributed by atoms with Crippen LogP contribution in [0, 0.1) is 5.41 Å². The number of ether oxygens (including phenoxy) is 2. The van der Waals surface area contributed by atoms with Gasteiger partial charge in [-0.25, -0.2) is 9.59 Å². The van der Waals surface area contributed by atoms with Crippen LogP contribution in [0.1, 0.15) is 47.0 Å². The third-order valence-corrected chi connectivity index (χ3v) is 4.32. The van der Waals surface area contributed by atoms with Crippen molar-refractivity contribution in [1.29, 1.82) is 0 Å². The first-order valence-electron chi connectivity index (χ1n) is 9.09. The van der Waals surface area contributed by atoms with Crippen LogP contribution in [0.4, 0.5) is 9.59 Å². The molecule has 0 atom stereocenters. The van der Waals surface area contributed by atoms with Crippen LogP contribution in [0.3, 0.4) is 0 Å². The monoisotopic (exact) mass is 370 g/mol. The highest BCUT2D eigenvalue weighted by atomic mass is 16.6. The number of likely N-dealkylation sites (tertiary alicyclic amines) is 2. The van der Waals surface area contributed by atoms with Gasteiger partial charge in [0.25, 0.3) is 0 Å². The molecular weight excluding hydrogens is 340 g/mol. The van der Waals surface area contributed by atoms with E-state index in [1.807, 2.05) is 13.8 Å². The van der Waals surface area contributed by atoms with Crippen LogP contribution >= 0.6 is 0 Å². The third kappa shape index (κ3) is 6.65. The van der Waals surface area contributed by atoms with Crippen LogP contribution in [0.2, 0.25) is 0 Å². The summed E-state index contributed by atoms with van der Waals surface area (Å²) in [5, 5.41) is 0. The number of hydrogen-bond donors (Lipinski definition) is 0. The summed E-state index contributed by atoms with van der Waals surface area (Å²) < 4.78 is 9.68. The molecule has 0 aromatic heterocycles. The lowest BCUT2D eigenvalue weighted by molar-refractivity contribution is -0.130. The normalized spacial score (nSPS) is 19.4. The quantitative estimate of drug-likeness (QED) is 0.740. The Morgan fingerprint density at radius 3 is 1.81 bits per heavy atom. The summed E-state index contributed by atoms with van der Waals surface area (Å²) in [4.78, 5) is 47.9. The lowest BCUT2D eigenvalue weighted by atomic mass is 9.83. The summed E-state index contributed by atoms with van der Waals surface area (Å²) >= 11 is 0. The number of Topliss-reactive ketones (excluding diaryl/α,β-unsaturated/α-hetero) is 2. The second kappa shape index (κ2) is 10.1.